The summed E-state index contributed by atoms with van der Waals surface area (Å²) in [6.45, 7) is 3.98. The molecular formula is C16H23N5O3. The largest absolute Gasteiger partial charge is 0.368 e. The molecule has 0 spiro atoms. The molecule has 1 aromatic heterocycles. The van der Waals surface area contributed by atoms with Crippen LogP contribution in [-0.2, 0) is 20.8 Å². The third-order valence-corrected chi connectivity index (χ3v) is 3.95. The van der Waals surface area contributed by atoms with Crippen LogP contribution in [0.1, 0.15) is 49.4 Å². The summed E-state index contributed by atoms with van der Waals surface area (Å²) in [5.41, 5.74) is 6.55. The monoisotopic (exact) mass is 333 g/mol. The molecule has 130 valence electrons. The van der Waals surface area contributed by atoms with Gasteiger partial charge in [0.25, 0.3) is 0 Å². The molecule has 1 atom stereocenters. The van der Waals surface area contributed by atoms with Gasteiger partial charge in [-0.2, -0.15) is 0 Å². The Hall–Kier alpha value is -2.51. The van der Waals surface area contributed by atoms with Gasteiger partial charge in [-0.05, 0) is 32.3 Å². The van der Waals surface area contributed by atoms with E-state index in [0.717, 1.165) is 30.8 Å². The smallest absolute Gasteiger partial charge is 0.236 e. The van der Waals surface area contributed by atoms with Crippen LogP contribution in [-0.4, -0.2) is 45.7 Å². The maximum Gasteiger partial charge on any atom is 0.236 e. The second-order valence-corrected chi connectivity index (χ2v) is 5.97. The van der Waals surface area contributed by atoms with Gasteiger partial charge in [-0.15, -0.1) is 0 Å². The van der Waals surface area contributed by atoms with Crippen LogP contribution >= 0.6 is 0 Å². The van der Waals surface area contributed by atoms with Crippen molar-refractivity contribution in [2.24, 2.45) is 5.73 Å². The van der Waals surface area contributed by atoms with Crippen LogP contribution in [0.4, 0.5) is 0 Å². The summed E-state index contributed by atoms with van der Waals surface area (Å²) in [6.07, 6.45) is 2.44. The zero-order valence-corrected chi connectivity index (χ0v) is 14.0. The predicted molar refractivity (Wildman–Crippen MR) is 86.7 cm³/mol. The fourth-order valence-corrected chi connectivity index (χ4v) is 2.86. The number of hydrogen-bond donors (Lipinski definition) is 2. The molecule has 3 N–H and O–H groups in total. The van der Waals surface area contributed by atoms with Gasteiger partial charge in [0, 0.05) is 31.3 Å². The van der Waals surface area contributed by atoms with Crippen molar-refractivity contribution in [3.05, 3.63) is 23.3 Å². The van der Waals surface area contributed by atoms with Gasteiger partial charge in [0.15, 0.2) is 5.82 Å². The highest BCUT2D eigenvalue weighted by Crippen LogP contribution is 2.30. The van der Waals surface area contributed by atoms with Crippen molar-refractivity contribution < 1.29 is 14.4 Å². The zero-order valence-electron chi connectivity index (χ0n) is 14.0. The van der Waals surface area contributed by atoms with Gasteiger partial charge in [0.2, 0.25) is 17.7 Å². The van der Waals surface area contributed by atoms with Crippen molar-refractivity contribution in [1.82, 2.24) is 20.2 Å². The molecule has 24 heavy (non-hydrogen) atoms. The normalized spacial score (nSPS) is 16.9. The van der Waals surface area contributed by atoms with Crippen molar-refractivity contribution in [3.8, 4) is 0 Å². The van der Waals surface area contributed by atoms with Gasteiger partial charge in [-0.3, -0.25) is 14.4 Å². The molecule has 1 aliphatic heterocycles. The number of nitrogens with two attached hydrogens (primary N) is 1. The van der Waals surface area contributed by atoms with Gasteiger partial charge >= 0.3 is 0 Å². The Balaban J connectivity index is 2.04. The summed E-state index contributed by atoms with van der Waals surface area (Å²) in [6, 6.07) is 1.74. The minimum atomic E-state index is -0.575. The van der Waals surface area contributed by atoms with Crippen LogP contribution in [0.5, 0.6) is 0 Å². The molecule has 0 aliphatic carbocycles. The van der Waals surface area contributed by atoms with Crippen molar-refractivity contribution in [1.29, 1.82) is 0 Å². The van der Waals surface area contributed by atoms with Crippen LogP contribution in [0.25, 0.3) is 0 Å². The number of likely N-dealkylation sites (tertiary alicyclic amines) is 1. The molecule has 1 aliphatic rings. The van der Waals surface area contributed by atoms with Crippen molar-refractivity contribution in [2.45, 2.75) is 45.6 Å². The van der Waals surface area contributed by atoms with E-state index in [1.807, 2.05) is 13.0 Å². The summed E-state index contributed by atoms with van der Waals surface area (Å²) in [5.74, 6) is -0.169. The van der Waals surface area contributed by atoms with Crippen LogP contribution < -0.4 is 11.1 Å². The number of aryl methyl sites for hydroxylation is 2. The highest BCUT2D eigenvalue weighted by atomic mass is 16.2. The average Bonchev–Trinajstić information content (AvgIpc) is 3.00. The standard InChI is InChI=1S/C16H23N5O3/c1-10-8-12(5-6-15(24)18-9-14(17)23)20-16(19-10)13-4-3-7-21(13)11(2)22/h8,13H,3-7,9H2,1-2H3,(H2,17,23)(H,18,24)/t13-/m0/s1. The van der Waals surface area contributed by atoms with Crippen molar-refractivity contribution in [2.75, 3.05) is 13.1 Å². The third-order valence-electron chi connectivity index (χ3n) is 3.95. The van der Waals surface area contributed by atoms with E-state index < -0.39 is 5.91 Å². The predicted octanol–water partition coefficient (Wildman–Crippen LogP) is 0.00252. The first kappa shape index (κ1) is 17.8. The fourth-order valence-electron chi connectivity index (χ4n) is 2.86. The lowest BCUT2D eigenvalue weighted by Crippen LogP contribution is -2.33. The Morgan fingerprint density at radius 1 is 1.38 bits per heavy atom. The number of carbonyl (C=O) groups is 3. The quantitative estimate of drug-likeness (QED) is 0.760. The number of carbonyl (C=O) groups excluding carboxylic acids is 3. The second-order valence-electron chi connectivity index (χ2n) is 5.97. The van der Waals surface area contributed by atoms with Gasteiger partial charge in [-0.25, -0.2) is 9.97 Å². The molecule has 0 aromatic carbocycles. The second kappa shape index (κ2) is 7.85. The Bertz CT molecular complexity index is 647. The lowest BCUT2D eigenvalue weighted by molar-refractivity contribution is -0.129. The summed E-state index contributed by atoms with van der Waals surface area (Å²) in [5, 5.41) is 2.45. The van der Waals surface area contributed by atoms with E-state index in [0.29, 0.717) is 12.2 Å². The number of hydrogen-bond acceptors (Lipinski definition) is 5. The van der Waals surface area contributed by atoms with E-state index in [1.54, 1.807) is 11.8 Å². The van der Waals surface area contributed by atoms with E-state index in [4.69, 9.17) is 5.73 Å². The molecule has 8 nitrogen and oxygen atoms in total. The van der Waals surface area contributed by atoms with E-state index >= 15 is 0 Å². The van der Waals surface area contributed by atoms with Gasteiger partial charge in [-0.1, -0.05) is 0 Å². The number of amides is 3. The first-order valence-corrected chi connectivity index (χ1v) is 8.03. The van der Waals surface area contributed by atoms with E-state index in [9.17, 15) is 14.4 Å². The minimum Gasteiger partial charge on any atom is -0.368 e. The highest BCUT2D eigenvalue weighted by Gasteiger charge is 2.30. The van der Waals surface area contributed by atoms with Crippen molar-refractivity contribution in [3.63, 3.8) is 0 Å². The molecule has 0 saturated carbocycles. The molecule has 2 heterocycles. The zero-order chi connectivity index (χ0) is 17.7. The summed E-state index contributed by atoms with van der Waals surface area (Å²) in [7, 11) is 0. The summed E-state index contributed by atoms with van der Waals surface area (Å²) >= 11 is 0. The van der Waals surface area contributed by atoms with Crippen LogP contribution in [0, 0.1) is 6.92 Å². The molecule has 1 saturated heterocycles. The van der Waals surface area contributed by atoms with Gasteiger partial charge < -0.3 is 16.0 Å². The Morgan fingerprint density at radius 2 is 2.12 bits per heavy atom. The number of rotatable bonds is 6. The Morgan fingerprint density at radius 3 is 2.79 bits per heavy atom. The third kappa shape index (κ3) is 4.74. The molecule has 8 heteroatoms. The number of nitrogens with zero attached hydrogens (tertiary/aromatic N) is 3. The number of aromatic nitrogens is 2. The molecule has 0 unspecified atom stereocenters. The first-order valence-electron chi connectivity index (χ1n) is 8.03. The molecule has 2 rings (SSSR count). The van der Waals surface area contributed by atoms with E-state index in [1.165, 1.54) is 0 Å². The maximum absolute atomic E-state index is 11.7. The van der Waals surface area contributed by atoms with Crippen LogP contribution in [0.15, 0.2) is 6.07 Å². The Kier molecular flexibility index (Phi) is 5.83. The summed E-state index contributed by atoms with van der Waals surface area (Å²) in [4.78, 5) is 44.8. The van der Waals surface area contributed by atoms with Gasteiger partial charge in [0.05, 0.1) is 12.6 Å². The van der Waals surface area contributed by atoms with E-state index in [-0.39, 0.29) is 30.8 Å². The SMILES string of the molecule is CC(=O)N1CCC[C@H]1c1nc(C)cc(CCC(=O)NCC(N)=O)n1. The minimum absolute atomic E-state index is 0.0231. The molecule has 1 aromatic rings. The maximum atomic E-state index is 11.7. The molecule has 1 fully saturated rings. The summed E-state index contributed by atoms with van der Waals surface area (Å²) < 4.78 is 0. The fraction of sp³-hybridized carbons (Fsp3) is 0.562. The lowest BCUT2D eigenvalue weighted by atomic mass is 10.1. The molecule has 0 bridgehead atoms. The average molecular weight is 333 g/mol. The molecule has 3 amide bonds. The number of nitrogens with one attached hydrogen (secondary N) is 1. The van der Waals surface area contributed by atoms with Crippen LogP contribution in [0.3, 0.4) is 0 Å². The molecular weight excluding hydrogens is 310 g/mol. The van der Waals surface area contributed by atoms with Crippen LogP contribution in [0.2, 0.25) is 0 Å². The Labute approximate surface area is 140 Å². The molecule has 0 radical (unpaired) electrons. The lowest BCUT2D eigenvalue weighted by Gasteiger charge is -2.22. The first-order chi connectivity index (χ1) is 11.4. The van der Waals surface area contributed by atoms with E-state index in [2.05, 4.69) is 15.3 Å². The topological polar surface area (TPSA) is 118 Å². The van der Waals surface area contributed by atoms with Crippen molar-refractivity contribution >= 4 is 17.7 Å². The van der Waals surface area contributed by atoms with Gasteiger partial charge in [0.1, 0.15) is 0 Å². The highest BCUT2D eigenvalue weighted by molar-refractivity contribution is 5.83. The number of primary amides is 1.